The molecule has 0 unspecified atom stereocenters. The van der Waals surface area contributed by atoms with Crippen LogP contribution in [0.2, 0.25) is 0 Å². The number of benzene rings is 1. The zero-order valence-corrected chi connectivity index (χ0v) is 12.2. The summed E-state index contributed by atoms with van der Waals surface area (Å²) >= 11 is 0. The summed E-state index contributed by atoms with van der Waals surface area (Å²) in [4.78, 5) is 10.2. The van der Waals surface area contributed by atoms with Crippen LogP contribution in [0, 0.1) is 21.3 Å². The quantitative estimate of drug-likeness (QED) is 0.645. The zero-order valence-electron chi connectivity index (χ0n) is 12.2. The van der Waals surface area contributed by atoms with Crippen LogP contribution in [0.25, 0.3) is 0 Å². The molecule has 0 spiro atoms. The maximum Gasteiger partial charge on any atom is 0.313 e. The number of hydrogen-bond acceptors (Lipinski definition) is 5. The van der Waals surface area contributed by atoms with Gasteiger partial charge in [-0.15, -0.1) is 0 Å². The van der Waals surface area contributed by atoms with Crippen molar-refractivity contribution in [2.45, 2.75) is 19.8 Å². The molecule has 0 amide bonds. The van der Waals surface area contributed by atoms with Crippen LogP contribution in [0.15, 0.2) is 12.1 Å². The lowest BCUT2D eigenvalue weighted by Crippen LogP contribution is -2.39. The van der Waals surface area contributed by atoms with Gasteiger partial charge in [-0.25, -0.2) is 4.39 Å². The molecule has 1 aromatic rings. The predicted octanol–water partition coefficient (Wildman–Crippen LogP) is 2.54. The molecule has 2 N–H and O–H groups in total. The minimum Gasteiger partial charge on any atom is -0.490 e. The number of nitro groups is 1. The van der Waals surface area contributed by atoms with Gasteiger partial charge in [0.1, 0.15) is 0 Å². The Morgan fingerprint density at radius 3 is 2.71 bits per heavy atom. The molecule has 1 heterocycles. The highest BCUT2D eigenvalue weighted by atomic mass is 19.1. The average Bonchev–Trinajstić information content (AvgIpc) is 2.46. The van der Waals surface area contributed by atoms with Crippen LogP contribution in [0.5, 0.6) is 5.75 Å². The van der Waals surface area contributed by atoms with Crippen LogP contribution in [-0.4, -0.2) is 31.7 Å². The molecule has 6 nitrogen and oxygen atoms in total. The molecular weight excluding hydrogens is 277 g/mol. The van der Waals surface area contributed by atoms with Crippen LogP contribution in [0.4, 0.5) is 15.8 Å². The van der Waals surface area contributed by atoms with Crippen LogP contribution in [0.1, 0.15) is 19.8 Å². The highest BCUT2D eigenvalue weighted by molar-refractivity contribution is 5.59. The Kier molecular flexibility index (Phi) is 4.62. The number of nitro benzene ring substituents is 1. The van der Waals surface area contributed by atoms with Gasteiger partial charge in [-0.1, -0.05) is 6.92 Å². The Labute approximate surface area is 122 Å². The summed E-state index contributed by atoms with van der Waals surface area (Å²) < 4.78 is 18.9. The van der Waals surface area contributed by atoms with E-state index in [-0.39, 0.29) is 22.5 Å². The van der Waals surface area contributed by atoms with Gasteiger partial charge in [0.15, 0.2) is 11.6 Å². The predicted molar refractivity (Wildman–Crippen MR) is 78.3 cm³/mol. The molecule has 116 valence electrons. The van der Waals surface area contributed by atoms with Crippen molar-refractivity contribution >= 4 is 11.4 Å². The number of methoxy groups -OCH3 is 1. The Bertz CT molecular complexity index is 530. The molecule has 7 heteroatoms. The lowest BCUT2D eigenvalue weighted by molar-refractivity contribution is -0.385. The highest BCUT2D eigenvalue weighted by Gasteiger charge is 2.27. The second-order valence-electron chi connectivity index (χ2n) is 5.68. The highest BCUT2D eigenvalue weighted by Crippen LogP contribution is 2.34. The monoisotopic (exact) mass is 297 g/mol. The molecule has 1 fully saturated rings. The number of nitrogens with zero attached hydrogens (tertiary/aromatic N) is 1. The first-order chi connectivity index (χ1) is 9.95. The van der Waals surface area contributed by atoms with Crippen LogP contribution < -0.4 is 15.4 Å². The molecule has 21 heavy (non-hydrogen) atoms. The van der Waals surface area contributed by atoms with Crippen molar-refractivity contribution in [3.05, 3.63) is 28.1 Å². The summed E-state index contributed by atoms with van der Waals surface area (Å²) in [5.74, 6) is -0.584. The topological polar surface area (TPSA) is 76.4 Å². The molecule has 0 atom stereocenters. The Morgan fingerprint density at radius 2 is 2.14 bits per heavy atom. The standard InChI is InChI=1S/C14H20FN3O3/c1-14(3-5-16-6-4-14)9-17-11-8-13(21-2)12(18(19)20)7-10(11)15/h7-8,16-17H,3-6,9H2,1-2H3. The largest absolute Gasteiger partial charge is 0.490 e. The molecule has 1 saturated heterocycles. The summed E-state index contributed by atoms with van der Waals surface area (Å²) in [6, 6.07) is 2.24. The molecular formula is C14H20FN3O3. The van der Waals surface area contributed by atoms with E-state index in [1.54, 1.807) is 0 Å². The van der Waals surface area contributed by atoms with Gasteiger partial charge in [0.2, 0.25) is 0 Å². The van der Waals surface area contributed by atoms with Crippen LogP contribution in [0.3, 0.4) is 0 Å². The van der Waals surface area contributed by atoms with Crippen molar-refractivity contribution in [2.24, 2.45) is 5.41 Å². The first-order valence-electron chi connectivity index (χ1n) is 6.92. The van der Waals surface area contributed by atoms with E-state index < -0.39 is 10.7 Å². The van der Waals surface area contributed by atoms with Gasteiger partial charge >= 0.3 is 5.69 Å². The lowest BCUT2D eigenvalue weighted by atomic mass is 9.81. The molecule has 1 aliphatic heterocycles. The van der Waals surface area contributed by atoms with E-state index in [1.165, 1.54) is 13.2 Å². The summed E-state index contributed by atoms with van der Waals surface area (Å²) in [7, 11) is 1.33. The van der Waals surface area contributed by atoms with Gasteiger partial charge in [0.05, 0.1) is 23.8 Å². The zero-order chi connectivity index (χ0) is 15.5. The Morgan fingerprint density at radius 1 is 1.48 bits per heavy atom. The second kappa shape index (κ2) is 6.26. The van der Waals surface area contributed by atoms with Crippen molar-refractivity contribution in [1.29, 1.82) is 0 Å². The SMILES string of the molecule is COc1cc(NCC2(C)CCNCC2)c(F)cc1[N+](=O)[O-]. The fourth-order valence-corrected chi connectivity index (χ4v) is 2.50. The third-order valence-corrected chi connectivity index (χ3v) is 3.98. The van der Waals surface area contributed by atoms with Crippen LogP contribution in [-0.2, 0) is 0 Å². The number of ether oxygens (including phenoxy) is 1. The van der Waals surface area contributed by atoms with E-state index in [9.17, 15) is 14.5 Å². The normalized spacial score (nSPS) is 17.3. The minimum atomic E-state index is -0.653. The van der Waals surface area contributed by atoms with Gasteiger partial charge < -0.3 is 15.4 Å². The average molecular weight is 297 g/mol. The molecule has 0 radical (unpaired) electrons. The minimum absolute atomic E-state index is 0.0550. The van der Waals surface area contributed by atoms with Gasteiger partial charge in [0.25, 0.3) is 0 Å². The Balaban J connectivity index is 2.14. The van der Waals surface area contributed by atoms with Crippen molar-refractivity contribution in [3.63, 3.8) is 0 Å². The molecule has 0 aliphatic carbocycles. The summed E-state index contributed by atoms with van der Waals surface area (Å²) in [5, 5.41) is 17.2. The number of anilines is 1. The third-order valence-electron chi connectivity index (χ3n) is 3.98. The molecule has 2 rings (SSSR count). The molecule has 1 aromatic carbocycles. The second-order valence-corrected chi connectivity index (χ2v) is 5.68. The van der Waals surface area contributed by atoms with Crippen molar-refractivity contribution < 1.29 is 14.1 Å². The molecule has 0 aromatic heterocycles. The summed E-state index contributed by atoms with van der Waals surface area (Å²) in [5.41, 5.74) is -0.0435. The fourth-order valence-electron chi connectivity index (χ4n) is 2.50. The van der Waals surface area contributed by atoms with E-state index in [0.29, 0.717) is 6.54 Å². The van der Waals surface area contributed by atoms with E-state index in [0.717, 1.165) is 32.0 Å². The number of hydrogen-bond donors (Lipinski definition) is 2. The van der Waals surface area contributed by atoms with Crippen molar-refractivity contribution in [2.75, 3.05) is 32.1 Å². The van der Waals surface area contributed by atoms with Crippen molar-refractivity contribution in [1.82, 2.24) is 5.32 Å². The first kappa shape index (κ1) is 15.5. The smallest absolute Gasteiger partial charge is 0.313 e. The number of rotatable bonds is 5. The number of piperidine rings is 1. The third kappa shape index (κ3) is 3.60. The summed E-state index contributed by atoms with van der Waals surface area (Å²) in [6.07, 6.45) is 2.01. The maximum absolute atomic E-state index is 14.0. The molecule has 0 saturated carbocycles. The first-order valence-corrected chi connectivity index (χ1v) is 6.92. The lowest BCUT2D eigenvalue weighted by Gasteiger charge is -2.34. The van der Waals surface area contributed by atoms with Gasteiger partial charge in [-0.2, -0.15) is 0 Å². The van der Waals surface area contributed by atoms with E-state index in [1.807, 2.05) is 0 Å². The fraction of sp³-hybridized carbons (Fsp3) is 0.571. The number of nitrogens with one attached hydrogen (secondary N) is 2. The van der Waals surface area contributed by atoms with E-state index >= 15 is 0 Å². The van der Waals surface area contributed by atoms with E-state index in [2.05, 4.69) is 17.6 Å². The van der Waals surface area contributed by atoms with Crippen LogP contribution >= 0.6 is 0 Å². The van der Waals surface area contributed by atoms with Gasteiger partial charge in [-0.05, 0) is 31.3 Å². The molecule has 0 bridgehead atoms. The summed E-state index contributed by atoms with van der Waals surface area (Å²) in [6.45, 7) is 4.67. The van der Waals surface area contributed by atoms with E-state index in [4.69, 9.17) is 4.74 Å². The van der Waals surface area contributed by atoms with Crippen molar-refractivity contribution in [3.8, 4) is 5.75 Å². The maximum atomic E-state index is 14.0. The number of halogens is 1. The van der Waals surface area contributed by atoms with Gasteiger partial charge in [-0.3, -0.25) is 10.1 Å². The molecule has 1 aliphatic rings. The van der Waals surface area contributed by atoms with Gasteiger partial charge in [0, 0.05) is 12.6 Å². The Hall–Kier alpha value is -1.89.